The van der Waals surface area contributed by atoms with Crippen LogP contribution in [0.4, 0.5) is 34.8 Å². The molecule has 0 unspecified atom stereocenters. The molecule has 4 aromatic rings. The third-order valence-electron chi connectivity index (χ3n) is 6.22. The van der Waals surface area contributed by atoms with Crippen molar-refractivity contribution in [2.75, 3.05) is 36.8 Å². The van der Waals surface area contributed by atoms with E-state index in [9.17, 15) is 22.7 Å². The Morgan fingerprint density at radius 3 is 2.53 bits per heavy atom. The summed E-state index contributed by atoms with van der Waals surface area (Å²) in [6.07, 6.45) is 2.83. The number of anilines is 3. The monoisotopic (exact) mass is 500 g/mol. The van der Waals surface area contributed by atoms with Gasteiger partial charge in [-0.15, -0.1) is 0 Å². The minimum absolute atomic E-state index is 0.0633. The van der Waals surface area contributed by atoms with Crippen molar-refractivity contribution in [3.63, 3.8) is 0 Å². The van der Waals surface area contributed by atoms with Gasteiger partial charge in [-0.25, -0.2) is 27.5 Å². The Bertz CT molecular complexity index is 1340. The van der Waals surface area contributed by atoms with Gasteiger partial charge in [-0.05, 0) is 30.3 Å². The number of nitrogens with one attached hydrogen (secondary N) is 3. The molecule has 3 aromatic heterocycles. The van der Waals surface area contributed by atoms with Crippen molar-refractivity contribution in [1.29, 1.82) is 0 Å². The largest absolute Gasteiger partial charge is 0.494 e. The van der Waals surface area contributed by atoms with Gasteiger partial charge in [0.05, 0.1) is 39.7 Å². The molecule has 1 aromatic carbocycles. The van der Waals surface area contributed by atoms with Gasteiger partial charge in [-0.2, -0.15) is 0 Å². The average molecular weight is 501 g/mol. The van der Waals surface area contributed by atoms with Crippen LogP contribution in [0.25, 0.3) is 22.2 Å². The maximum Gasteiger partial charge on any atom is 0.250 e. The second-order valence-electron chi connectivity index (χ2n) is 8.73. The van der Waals surface area contributed by atoms with Crippen molar-refractivity contribution in [1.82, 2.24) is 19.9 Å². The number of benzene rings is 1. The van der Waals surface area contributed by atoms with Gasteiger partial charge in [0.15, 0.2) is 5.88 Å². The molecule has 0 atom stereocenters. The van der Waals surface area contributed by atoms with Gasteiger partial charge in [0.2, 0.25) is 0 Å². The fourth-order valence-electron chi connectivity index (χ4n) is 4.27. The number of aromatic hydroxyl groups is 1. The smallest absolute Gasteiger partial charge is 0.250 e. The van der Waals surface area contributed by atoms with Crippen LogP contribution < -0.4 is 10.6 Å². The molecule has 1 aliphatic heterocycles. The summed E-state index contributed by atoms with van der Waals surface area (Å²) in [6, 6.07) is 8.54. The Morgan fingerprint density at radius 1 is 1.08 bits per heavy atom. The minimum Gasteiger partial charge on any atom is -0.494 e. The fraction of sp³-hybridized carbons (Fsp3) is 0.280. The van der Waals surface area contributed by atoms with Crippen LogP contribution in [0.3, 0.4) is 0 Å². The number of halogens is 4. The highest BCUT2D eigenvalue weighted by Crippen LogP contribution is 2.36. The molecule has 1 fully saturated rings. The fourth-order valence-corrected chi connectivity index (χ4v) is 4.27. The SMILES string of the molecule is Oc1[nH]cc2nc(-c3c(F)cccc3F)cc(Nc3ccc(NCCN4CCC(F)(F)CC4)cn3)c12. The summed E-state index contributed by atoms with van der Waals surface area (Å²) in [5.41, 5.74) is 1.23. The zero-order valence-electron chi connectivity index (χ0n) is 19.2. The molecule has 7 nitrogen and oxygen atoms in total. The molecule has 5 rings (SSSR count). The Labute approximate surface area is 204 Å². The first-order valence-electron chi connectivity index (χ1n) is 11.5. The zero-order valence-corrected chi connectivity index (χ0v) is 19.2. The predicted octanol–water partition coefficient (Wildman–Crippen LogP) is 5.50. The number of hydrogen-bond donors (Lipinski definition) is 4. The summed E-state index contributed by atoms with van der Waals surface area (Å²) in [7, 11) is 0. The minimum atomic E-state index is -2.56. The number of H-pyrrole nitrogens is 1. The van der Waals surface area contributed by atoms with E-state index in [4.69, 9.17) is 0 Å². The number of nitrogens with zero attached hydrogens (tertiary/aromatic N) is 3. The van der Waals surface area contributed by atoms with Crippen molar-refractivity contribution in [2.24, 2.45) is 0 Å². The summed E-state index contributed by atoms with van der Waals surface area (Å²) in [5, 5.41) is 16.9. The van der Waals surface area contributed by atoms with Crippen LogP contribution in [0.15, 0.2) is 48.8 Å². The van der Waals surface area contributed by atoms with E-state index in [1.807, 2.05) is 4.90 Å². The Balaban J connectivity index is 1.30. The number of likely N-dealkylation sites (tertiary alicyclic amines) is 1. The normalized spacial score (nSPS) is 15.8. The summed E-state index contributed by atoms with van der Waals surface area (Å²) < 4.78 is 55.3. The van der Waals surface area contributed by atoms with E-state index in [0.29, 0.717) is 48.6 Å². The Morgan fingerprint density at radius 2 is 1.83 bits per heavy atom. The third kappa shape index (κ3) is 5.06. The van der Waals surface area contributed by atoms with Crippen LogP contribution in [0.1, 0.15) is 12.8 Å². The summed E-state index contributed by atoms with van der Waals surface area (Å²) in [5.74, 6) is -3.77. The molecule has 1 saturated heterocycles. The summed E-state index contributed by atoms with van der Waals surface area (Å²) in [6.45, 7) is 1.98. The number of rotatable bonds is 7. The van der Waals surface area contributed by atoms with Crippen LogP contribution in [-0.2, 0) is 0 Å². The first-order chi connectivity index (χ1) is 17.3. The molecule has 11 heteroatoms. The van der Waals surface area contributed by atoms with Crippen LogP contribution in [0, 0.1) is 11.6 Å². The van der Waals surface area contributed by atoms with E-state index in [1.54, 1.807) is 18.3 Å². The van der Waals surface area contributed by atoms with Crippen LogP contribution >= 0.6 is 0 Å². The van der Waals surface area contributed by atoms with Gasteiger partial charge in [0, 0.05) is 45.2 Å². The van der Waals surface area contributed by atoms with E-state index >= 15 is 0 Å². The molecule has 4 N–H and O–H groups in total. The van der Waals surface area contributed by atoms with Gasteiger partial charge in [0.1, 0.15) is 17.5 Å². The van der Waals surface area contributed by atoms with Gasteiger partial charge in [0.25, 0.3) is 5.92 Å². The molecular formula is C25H24F4N6O. The molecule has 36 heavy (non-hydrogen) atoms. The highest BCUT2D eigenvalue weighted by atomic mass is 19.3. The second-order valence-corrected chi connectivity index (χ2v) is 8.73. The standard InChI is InChI=1S/C25H24F4N6O/c26-16-2-1-3-17(27)22(16)18-12-19(23-20(33-18)14-32-24(23)36)34-21-5-4-15(13-31-21)30-8-11-35-9-6-25(28,29)7-10-35/h1-5,12-14,30,32,36H,6-11H2,(H,31,34). The number of fused-ring (bicyclic) bond motifs is 1. The lowest BCUT2D eigenvalue weighted by molar-refractivity contribution is -0.0543. The lowest BCUT2D eigenvalue weighted by Crippen LogP contribution is -2.41. The quantitative estimate of drug-likeness (QED) is 0.251. The average Bonchev–Trinajstić information content (AvgIpc) is 3.22. The van der Waals surface area contributed by atoms with Crippen LogP contribution in [-0.4, -0.2) is 57.1 Å². The van der Waals surface area contributed by atoms with E-state index in [2.05, 4.69) is 25.6 Å². The topological polar surface area (TPSA) is 89.1 Å². The van der Waals surface area contributed by atoms with Crippen molar-refractivity contribution < 1.29 is 22.7 Å². The molecule has 0 amide bonds. The Hall–Kier alpha value is -3.86. The molecule has 1 aliphatic rings. The molecule has 0 aliphatic carbocycles. The maximum absolute atomic E-state index is 14.4. The van der Waals surface area contributed by atoms with Crippen molar-refractivity contribution in [3.05, 3.63) is 60.4 Å². The van der Waals surface area contributed by atoms with Gasteiger partial charge in [-0.3, -0.25) is 0 Å². The van der Waals surface area contributed by atoms with Crippen LogP contribution in [0.2, 0.25) is 0 Å². The molecule has 0 saturated carbocycles. The van der Waals surface area contributed by atoms with E-state index in [1.165, 1.54) is 18.3 Å². The molecule has 4 heterocycles. The van der Waals surface area contributed by atoms with Crippen molar-refractivity contribution >= 4 is 28.1 Å². The number of alkyl halides is 2. The lowest BCUT2D eigenvalue weighted by atomic mass is 10.1. The third-order valence-corrected chi connectivity index (χ3v) is 6.22. The van der Waals surface area contributed by atoms with Gasteiger partial charge in [-0.1, -0.05) is 6.07 Å². The number of aromatic amines is 1. The van der Waals surface area contributed by atoms with Crippen molar-refractivity contribution in [2.45, 2.75) is 18.8 Å². The van der Waals surface area contributed by atoms with Crippen LogP contribution in [0.5, 0.6) is 5.88 Å². The van der Waals surface area contributed by atoms with Gasteiger partial charge < -0.3 is 25.6 Å². The maximum atomic E-state index is 14.4. The highest BCUT2D eigenvalue weighted by molar-refractivity contribution is 5.99. The molecular weight excluding hydrogens is 476 g/mol. The summed E-state index contributed by atoms with van der Waals surface area (Å²) >= 11 is 0. The second kappa shape index (κ2) is 9.65. The van der Waals surface area contributed by atoms with E-state index in [-0.39, 0.29) is 30.0 Å². The molecule has 188 valence electrons. The predicted molar refractivity (Wildman–Crippen MR) is 130 cm³/mol. The van der Waals surface area contributed by atoms with E-state index in [0.717, 1.165) is 17.8 Å². The highest BCUT2D eigenvalue weighted by Gasteiger charge is 2.33. The molecule has 0 spiro atoms. The number of hydrogen-bond acceptors (Lipinski definition) is 6. The van der Waals surface area contributed by atoms with E-state index < -0.39 is 17.6 Å². The Kier molecular flexibility index (Phi) is 6.40. The first kappa shape index (κ1) is 23.9. The molecule has 0 radical (unpaired) electrons. The number of pyridine rings is 2. The van der Waals surface area contributed by atoms with Gasteiger partial charge >= 0.3 is 0 Å². The number of aromatic nitrogens is 3. The molecule has 0 bridgehead atoms. The zero-order chi connectivity index (χ0) is 25.3. The lowest BCUT2D eigenvalue weighted by Gasteiger charge is -2.31. The van der Waals surface area contributed by atoms with Crippen molar-refractivity contribution in [3.8, 4) is 17.1 Å². The first-order valence-corrected chi connectivity index (χ1v) is 11.5. The number of piperidine rings is 1. The summed E-state index contributed by atoms with van der Waals surface area (Å²) in [4.78, 5) is 13.3.